The number of carbonyl (C=O) groups excluding carboxylic acids is 1. The van der Waals surface area contributed by atoms with Crippen molar-refractivity contribution >= 4 is 39.2 Å². The Labute approximate surface area is 247 Å². The number of aromatic nitrogens is 4. The summed E-state index contributed by atoms with van der Waals surface area (Å²) in [5.41, 5.74) is 5.93. The second kappa shape index (κ2) is 13.3. The molecule has 1 atom stereocenters. The molecular weight excluding hydrogens is 552 g/mol. The zero-order chi connectivity index (χ0) is 29.6. The number of carbonyl (C=O) groups is 1. The maximum absolute atomic E-state index is 13.5. The van der Waals surface area contributed by atoms with Gasteiger partial charge in [0.2, 0.25) is 0 Å². The molecule has 1 fully saturated rings. The maximum atomic E-state index is 13.5. The Morgan fingerprint density at radius 1 is 1.26 bits per heavy atom. The lowest BCUT2D eigenvalue weighted by Gasteiger charge is -2.09. The molecule has 0 spiro atoms. The van der Waals surface area contributed by atoms with E-state index in [0.29, 0.717) is 49.2 Å². The quantitative estimate of drug-likeness (QED) is 0.107. The van der Waals surface area contributed by atoms with Crippen molar-refractivity contribution in [3.63, 3.8) is 0 Å². The van der Waals surface area contributed by atoms with Crippen molar-refractivity contribution < 1.29 is 18.3 Å². The highest BCUT2D eigenvalue weighted by Crippen LogP contribution is 2.44. The van der Waals surface area contributed by atoms with Crippen molar-refractivity contribution in [2.75, 3.05) is 30.8 Å². The second-order valence-corrected chi connectivity index (χ2v) is 11.6. The van der Waals surface area contributed by atoms with E-state index < -0.39 is 11.1 Å². The van der Waals surface area contributed by atoms with Crippen LogP contribution in [0.15, 0.2) is 78.7 Å². The van der Waals surface area contributed by atoms with Gasteiger partial charge in [0, 0.05) is 36.7 Å². The summed E-state index contributed by atoms with van der Waals surface area (Å²) in [5.74, 6) is 0.944. The van der Waals surface area contributed by atoms with E-state index in [9.17, 15) is 9.00 Å². The number of hydrogen-bond acceptors (Lipinski definition) is 6. The summed E-state index contributed by atoms with van der Waals surface area (Å²) < 4.78 is 29.0. The molecule has 3 N–H and O–H groups in total. The molecule has 1 unspecified atom stereocenters. The fourth-order valence-electron chi connectivity index (χ4n) is 4.72. The molecule has 1 aliphatic rings. The molecule has 3 heterocycles. The third-order valence-corrected chi connectivity index (χ3v) is 7.45. The van der Waals surface area contributed by atoms with Crippen LogP contribution >= 0.6 is 0 Å². The van der Waals surface area contributed by atoms with E-state index in [1.165, 1.54) is 5.57 Å². The summed E-state index contributed by atoms with van der Waals surface area (Å²) in [5, 5.41) is 12.2. The molecule has 10 nitrogen and oxygen atoms in total. The summed E-state index contributed by atoms with van der Waals surface area (Å²) in [6.07, 6.45) is 11.6. The SMILES string of the molecule is C=C(C)C=CC=C(C)Cn1nc(C2CC2)c2c(NC(=O)c3cnc4cc(OCCNCCS(=O)O)ccn34)cccc21. The molecule has 5 rings (SSSR count). The van der Waals surface area contributed by atoms with Crippen molar-refractivity contribution in [3.8, 4) is 5.75 Å². The molecule has 0 saturated heterocycles. The van der Waals surface area contributed by atoms with Crippen molar-refractivity contribution in [2.24, 2.45) is 0 Å². The number of hydrogen-bond donors (Lipinski definition) is 3. The third-order valence-electron chi connectivity index (χ3n) is 6.90. The Morgan fingerprint density at radius 2 is 2.10 bits per heavy atom. The number of nitrogens with zero attached hydrogens (tertiary/aromatic N) is 4. The van der Waals surface area contributed by atoms with Gasteiger partial charge in [-0.2, -0.15) is 5.10 Å². The van der Waals surface area contributed by atoms with Gasteiger partial charge in [-0.1, -0.05) is 42.0 Å². The standard InChI is InChI=1S/C31H36N6O4S/c1-21(2)6-4-7-22(3)20-37-26-9-5-8-25(29(26)30(35-37)23-10-11-23)34-31(38)27-19-33-28-18-24(12-15-36(27)28)41-16-13-32-14-17-42(39)40/h4-9,12,15,18-19,23,32H,1,10-11,13-14,16-17,20H2,2-3H3,(H,34,38)(H,39,40). The van der Waals surface area contributed by atoms with Crippen LogP contribution in [0.5, 0.6) is 5.75 Å². The lowest BCUT2D eigenvalue weighted by atomic mass is 10.1. The zero-order valence-corrected chi connectivity index (χ0v) is 24.7. The summed E-state index contributed by atoms with van der Waals surface area (Å²) in [4.78, 5) is 17.9. The van der Waals surface area contributed by atoms with Gasteiger partial charge in [0.1, 0.15) is 23.7 Å². The van der Waals surface area contributed by atoms with Crippen molar-refractivity contribution in [2.45, 2.75) is 39.2 Å². The molecule has 11 heteroatoms. The predicted octanol–water partition coefficient (Wildman–Crippen LogP) is 5.08. The normalized spacial score (nSPS) is 14.6. The first-order valence-corrected chi connectivity index (χ1v) is 15.3. The van der Waals surface area contributed by atoms with E-state index in [0.717, 1.165) is 40.7 Å². The number of imidazole rings is 1. The number of amides is 1. The van der Waals surface area contributed by atoms with Gasteiger partial charge in [0.05, 0.1) is 35.4 Å². The predicted molar refractivity (Wildman–Crippen MR) is 167 cm³/mol. The number of benzene rings is 1. The first-order valence-electron chi connectivity index (χ1n) is 14.0. The Balaban J connectivity index is 1.32. The number of pyridine rings is 1. The second-order valence-electron chi connectivity index (χ2n) is 10.5. The zero-order valence-electron chi connectivity index (χ0n) is 23.9. The molecule has 220 valence electrons. The van der Waals surface area contributed by atoms with Crippen LogP contribution in [0.4, 0.5) is 5.69 Å². The molecule has 4 aromatic rings. The van der Waals surface area contributed by atoms with Gasteiger partial charge in [0.25, 0.3) is 5.91 Å². The highest BCUT2D eigenvalue weighted by Gasteiger charge is 2.30. The smallest absolute Gasteiger partial charge is 0.274 e. The van der Waals surface area contributed by atoms with E-state index in [1.54, 1.807) is 28.9 Å². The molecule has 0 radical (unpaired) electrons. The fraction of sp³-hybridized carbons (Fsp3) is 0.323. The topological polar surface area (TPSA) is 123 Å². The number of allylic oxidation sites excluding steroid dienone is 5. The number of fused-ring (bicyclic) bond motifs is 2. The van der Waals surface area contributed by atoms with Gasteiger partial charge in [-0.3, -0.25) is 13.9 Å². The van der Waals surface area contributed by atoms with Crippen molar-refractivity contribution in [1.82, 2.24) is 24.5 Å². The van der Waals surface area contributed by atoms with Crippen LogP contribution < -0.4 is 15.4 Å². The largest absolute Gasteiger partial charge is 0.492 e. The van der Waals surface area contributed by atoms with E-state index in [2.05, 4.69) is 41.3 Å². The highest BCUT2D eigenvalue weighted by atomic mass is 32.2. The van der Waals surface area contributed by atoms with Crippen molar-refractivity contribution in [3.05, 3.63) is 90.1 Å². The molecule has 0 aliphatic heterocycles. The van der Waals surface area contributed by atoms with E-state index in [4.69, 9.17) is 14.4 Å². The molecular formula is C31H36N6O4S. The van der Waals surface area contributed by atoms with Crippen molar-refractivity contribution in [1.29, 1.82) is 0 Å². The van der Waals surface area contributed by atoms with Gasteiger partial charge in [-0.25, -0.2) is 9.19 Å². The van der Waals surface area contributed by atoms with Crippen LogP contribution in [0.25, 0.3) is 16.6 Å². The van der Waals surface area contributed by atoms with Gasteiger partial charge in [-0.15, -0.1) is 0 Å². The number of anilines is 1. The minimum atomic E-state index is -1.81. The molecule has 3 aromatic heterocycles. The van der Waals surface area contributed by atoms with Crippen LogP contribution in [0.1, 0.15) is 48.8 Å². The fourth-order valence-corrected chi connectivity index (χ4v) is 5.04. The van der Waals surface area contributed by atoms with Crippen LogP contribution in [0.3, 0.4) is 0 Å². The Kier molecular flexibility index (Phi) is 9.31. The van der Waals surface area contributed by atoms with E-state index >= 15 is 0 Å². The minimum absolute atomic E-state index is 0.175. The van der Waals surface area contributed by atoms with E-state index in [-0.39, 0.29) is 11.7 Å². The Bertz CT molecular complexity index is 1700. The van der Waals surface area contributed by atoms with Gasteiger partial charge in [-0.05, 0) is 44.9 Å². The molecule has 1 amide bonds. The third kappa shape index (κ3) is 7.22. The van der Waals surface area contributed by atoms with Crippen LogP contribution in [-0.2, 0) is 17.6 Å². The van der Waals surface area contributed by atoms with Gasteiger partial charge < -0.3 is 19.9 Å². The molecule has 0 bridgehead atoms. The monoisotopic (exact) mass is 588 g/mol. The maximum Gasteiger partial charge on any atom is 0.274 e. The lowest BCUT2D eigenvalue weighted by molar-refractivity contribution is 0.102. The van der Waals surface area contributed by atoms with Crippen LogP contribution in [0, 0.1) is 0 Å². The number of nitrogens with one attached hydrogen (secondary N) is 2. The summed E-state index contributed by atoms with van der Waals surface area (Å²) in [7, 11) is 0. The van der Waals surface area contributed by atoms with Crippen LogP contribution in [-0.4, -0.2) is 59.3 Å². The van der Waals surface area contributed by atoms with Gasteiger partial charge in [0.15, 0.2) is 11.1 Å². The molecule has 42 heavy (non-hydrogen) atoms. The lowest BCUT2D eigenvalue weighted by Crippen LogP contribution is -2.25. The summed E-state index contributed by atoms with van der Waals surface area (Å²) >= 11 is -1.81. The molecule has 1 saturated carbocycles. The molecule has 1 aliphatic carbocycles. The average molecular weight is 589 g/mol. The molecule has 1 aromatic carbocycles. The van der Waals surface area contributed by atoms with Crippen LogP contribution in [0.2, 0.25) is 0 Å². The Morgan fingerprint density at radius 3 is 2.86 bits per heavy atom. The first-order chi connectivity index (χ1) is 20.3. The van der Waals surface area contributed by atoms with Gasteiger partial charge >= 0.3 is 0 Å². The Hall–Kier alpha value is -4.06. The summed E-state index contributed by atoms with van der Waals surface area (Å²) in [6, 6.07) is 9.49. The minimum Gasteiger partial charge on any atom is -0.492 e. The summed E-state index contributed by atoms with van der Waals surface area (Å²) in [6.45, 7) is 9.97. The number of rotatable bonds is 14. The average Bonchev–Trinajstić information content (AvgIpc) is 3.60. The van der Waals surface area contributed by atoms with E-state index in [1.807, 2.05) is 35.9 Å². The first kappa shape index (κ1) is 29.4. The number of ether oxygens (including phenoxy) is 1. The highest BCUT2D eigenvalue weighted by molar-refractivity contribution is 7.79.